The number of rotatable bonds is 31. The average Bonchev–Trinajstić information content (AvgIpc) is 2.88. The summed E-state index contributed by atoms with van der Waals surface area (Å²) in [5, 5.41) is 10.1. The first-order chi connectivity index (χ1) is 17.8. The van der Waals surface area contributed by atoms with Crippen molar-refractivity contribution in [2.24, 2.45) is 0 Å². The molecule has 1 N–H and O–H groups in total. The molecular weight excluding hydrogens is 436 g/mol. The van der Waals surface area contributed by atoms with Crippen molar-refractivity contribution >= 4 is 0 Å². The Morgan fingerprint density at radius 2 is 0.806 bits per heavy atom. The molecule has 1 nitrogen and oxygen atoms in total. The quantitative estimate of drug-likeness (QED) is 0.0735. The van der Waals surface area contributed by atoms with Gasteiger partial charge in [0.15, 0.2) is 0 Å². The lowest BCUT2D eigenvalue weighted by atomic mass is 10.0. The molecule has 0 saturated carbocycles. The van der Waals surface area contributed by atoms with Gasteiger partial charge in [0, 0.05) is 0 Å². The summed E-state index contributed by atoms with van der Waals surface area (Å²) < 4.78 is 0. The minimum Gasteiger partial charge on any atom is -0.393 e. The van der Waals surface area contributed by atoms with Gasteiger partial charge in [0.2, 0.25) is 0 Å². The van der Waals surface area contributed by atoms with Gasteiger partial charge in [-0.05, 0) is 44.9 Å². The monoisotopic (exact) mass is 505 g/mol. The van der Waals surface area contributed by atoms with Gasteiger partial charge in [-0.1, -0.05) is 166 Å². The Balaban J connectivity index is 3.14. The maximum absolute atomic E-state index is 10.1. The van der Waals surface area contributed by atoms with Gasteiger partial charge in [-0.25, -0.2) is 0 Å². The first kappa shape index (κ1) is 35.4. The van der Waals surface area contributed by atoms with E-state index in [9.17, 15) is 5.11 Å². The van der Waals surface area contributed by atoms with E-state index in [0.29, 0.717) is 0 Å². The summed E-state index contributed by atoms with van der Waals surface area (Å²) in [4.78, 5) is 0. The van der Waals surface area contributed by atoms with Gasteiger partial charge >= 0.3 is 0 Å². The molecule has 0 aromatic carbocycles. The zero-order valence-corrected chi connectivity index (χ0v) is 25.0. The fourth-order valence-corrected chi connectivity index (χ4v) is 5.21. The summed E-state index contributed by atoms with van der Waals surface area (Å²) in [7, 11) is 0. The van der Waals surface area contributed by atoms with Crippen LogP contribution >= 0.6 is 0 Å². The zero-order chi connectivity index (χ0) is 26.2. The maximum Gasteiger partial charge on any atom is 0.0543 e. The molecule has 1 heteroatoms. The minimum absolute atomic E-state index is 0.0967. The van der Waals surface area contributed by atoms with Crippen LogP contribution in [0.4, 0.5) is 0 Å². The third-order valence-electron chi connectivity index (χ3n) is 7.75. The fraction of sp³-hybridized carbons (Fsp3) is 0.886. The molecule has 0 aliphatic heterocycles. The second-order valence-electron chi connectivity index (χ2n) is 11.5. The van der Waals surface area contributed by atoms with Gasteiger partial charge in [-0.15, -0.1) is 6.58 Å². The van der Waals surface area contributed by atoms with E-state index in [1.807, 2.05) is 6.08 Å². The van der Waals surface area contributed by atoms with Crippen LogP contribution in [0.15, 0.2) is 24.8 Å². The molecule has 0 rings (SSSR count). The molecule has 36 heavy (non-hydrogen) atoms. The summed E-state index contributed by atoms with van der Waals surface area (Å²) in [5.74, 6) is 0. The molecule has 0 amide bonds. The molecule has 0 aliphatic rings. The Morgan fingerprint density at radius 3 is 1.22 bits per heavy atom. The van der Waals surface area contributed by atoms with Gasteiger partial charge in [-0.2, -0.15) is 0 Å². The van der Waals surface area contributed by atoms with Crippen molar-refractivity contribution in [2.75, 3.05) is 0 Å². The number of hydrogen-bond acceptors (Lipinski definition) is 1. The summed E-state index contributed by atoms with van der Waals surface area (Å²) in [6, 6.07) is 0. The molecule has 0 bridgehead atoms. The Bertz CT molecular complexity index is 426. The van der Waals surface area contributed by atoms with Gasteiger partial charge in [0.25, 0.3) is 0 Å². The molecule has 214 valence electrons. The lowest BCUT2D eigenvalue weighted by Gasteiger charge is -2.09. The van der Waals surface area contributed by atoms with Crippen LogP contribution in [0.25, 0.3) is 0 Å². The third kappa shape index (κ3) is 31.5. The molecule has 0 saturated heterocycles. The molecule has 0 aromatic heterocycles. The largest absolute Gasteiger partial charge is 0.393 e. The van der Waals surface area contributed by atoms with E-state index in [2.05, 4.69) is 25.7 Å². The predicted octanol–water partition coefficient (Wildman–Crippen LogP) is 12.4. The van der Waals surface area contributed by atoms with E-state index in [4.69, 9.17) is 0 Å². The highest BCUT2D eigenvalue weighted by Gasteiger charge is 2.02. The smallest absolute Gasteiger partial charge is 0.0543 e. The van der Waals surface area contributed by atoms with E-state index in [-0.39, 0.29) is 6.10 Å². The highest BCUT2D eigenvalue weighted by Crippen LogP contribution is 2.16. The van der Waals surface area contributed by atoms with Crippen LogP contribution in [0, 0.1) is 0 Å². The highest BCUT2D eigenvalue weighted by atomic mass is 16.3. The lowest BCUT2D eigenvalue weighted by molar-refractivity contribution is 0.152. The van der Waals surface area contributed by atoms with Crippen molar-refractivity contribution in [2.45, 2.75) is 199 Å². The molecule has 0 aromatic rings. The van der Waals surface area contributed by atoms with E-state index in [0.717, 1.165) is 25.7 Å². The number of unbranched alkanes of at least 4 members (excludes halogenated alkanes) is 24. The van der Waals surface area contributed by atoms with Gasteiger partial charge < -0.3 is 5.11 Å². The van der Waals surface area contributed by atoms with E-state index >= 15 is 0 Å². The normalized spacial score (nSPS) is 12.5. The first-order valence-corrected chi connectivity index (χ1v) is 16.7. The Hall–Kier alpha value is -0.560. The van der Waals surface area contributed by atoms with Crippen LogP contribution in [0.5, 0.6) is 0 Å². The molecular formula is C35H68O. The van der Waals surface area contributed by atoms with E-state index < -0.39 is 0 Å². The molecule has 0 aliphatic carbocycles. The van der Waals surface area contributed by atoms with Crippen molar-refractivity contribution in [3.63, 3.8) is 0 Å². The Morgan fingerprint density at radius 1 is 0.444 bits per heavy atom. The fourth-order valence-electron chi connectivity index (χ4n) is 5.21. The third-order valence-corrected chi connectivity index (χ3v) is 7.75. The number of aliphatic hydroxyl groups is 1. The van der Waals surface area contributed by atoms with Crippen LogP contribution in [-0.4, -0.2) is 11.2 Å². The first-order valence-electron chi connectivity index (χ1n) is 16.7. The second-order valence-corrected chi connectivity index (χ2v) is 11.5. The predicted molar refractivity (Wildman–Crippen MR) is 165 cm³/mol. The average molecular weight is 505 g/mol. The van der Waals surface area contributed by atoms with Crippen LogP contribution in [0.2, 0.25) is 0 Å². The SMILES string of the molecule is C=CCCCC/C=C/CCC(O)CCCCCCCCCCCCCCCCCCCCCCCC. The van der Waals surface area contributed by atoms with Gasteiger partial charge in [-0.3, -0.25) is 0 Å². The van der Waals surface area contributed by atoms with Crippen molar-refractivity contribution < 1.29 is 5.11 Å². The Kier molecular flexibility index (Phi) is 32.0. The lowest BCUT2D eigenvalue weighted by Crippen LogP contribution is -2.05. The maximum atomic E-state index is 10.1. The molecule has 1 atom stereocenters. The summed E-state index contributed by atoms with van der Waals surface area (Å²) >= 11 is 0. The highest BCUT2D eigenvalue weighted by molar-refractivity contribution is 4.82. The van der Waals surface area contributed by atoms with Crippen LogP contribution in [0.3, 0.4) is 0 Å². The molecule has 0 fully saturated rings. The number of aliphatic hydroxyl groups excluding tert-OH is 1. The minimum atomic E-state index is -0.0967. The van der Waals surface area contributed by atoms with Gasteiger partial charge in [0.1, 0.15) is 0 Å². The molecule has 0 radical (unpaired) electrons. The zero-order valence-electron chi connectivity index (χ0n) is 25.0. The standard InChI is InChI=1S/C35H68O/c1-3-5-7-9-11-13-14-15-16-17-18-19-20-21-22-23-24-25-26-28-30-32-34-35(36)33-31-29-27-12-10-8-6-4-2/h4,27,29,35-36H,2-3,5-26,28,30-34H2,1H3/b29-27+. The van der Waals surface area contributed by atoms with Crippen molar-refractivity contribution in [3.05, 3.63) is 24.8 Å². The van der Waals surface area contributed by atoms with Crippen LogP contribution in [-0.2, 0) is 0 Å². The van der Waals surface area contributed by atoms with Gasteiger partial charge in [0.05, 0.1) is 6.10 Å². The summed E-state index contributed by atoms with van der Waals surface area (Å²) in [5.41, 5.74) is 0. The van der Waals surface area contributed by atoms with Crippen LogP contribution in [0.1, 0.15) is 193 Å². The van der Waals surface area contributed by atoms with E-state index in [1.165, 1.54) is 161 Å². The van der Waals surface area contributed by atoms with E-state index in [1.54, 1.807) is 0 Å². The van der Waals surface area contributed by atoms with Crippen molar-refractivity contribution in [1.29, 1.82) is 0 Å². The van der Waals surface area contributed by atoms with Crippen molar-refractivity contribution in [1.82, 2.24) is 0 Å². The Labute approximate surface area is 229 Å². The molecule has 1 unspecified atom stereocenters. The number of hydrogen-bond donors (Lipinski definition) is 1. The number of allylic oxidation sites excluding steroid dienone is 3. The van der Waals surface area contributed by atoms with Crippen molar-refractivity contribution in [3.8, 4) is 0 Å². The summed E-state index contributed by atoms with van der Waals surface area (Å²) in [6.45, 7) is 6.06. The second kappa shape index (κ2) is 32.5. The molecule has 0 heterocycles. The summed E-state index contributed by atoms with van der Waals surface area (Å²) in [6.07, 6.45) is 45.6. The molecule has 0 spiro atoms. The topological polar surface area (TPSA) is 20.2 Å². The van der Waals surface area contributed by atoms with Crippen LogP contribution < -0.4 is 0 Å².